The second kappa shape index (κ2) is 11.4. The summed E-state index contributed by atoms with van der Waals surface area (Å²) in [5.74, 6) is 0. The lowest BCUT2D eigenvalue weighted by atomic mass is 9.59. The molecule has 1 aromatic heterocycles. The second-order valence-electron chi connectivity index (χ2n) is 15.0. The molecule has 1 aliphatic rings. The zero-order valence-corrected chi connectivity index (χ0v) is 29.8. The average molecular weight is 665 g/mol. The zero-order valence-electron chi connectivity index (χ0n) is 29.8. The van der Waals surface area contributed by atoms with E-state index < -0.39 is 0 Å². The Hall–Kier alpha value is -5.14. The third kappa shape index (κ3) is 4.27. The van der Waals surface area contributed by atoms with Crippen molar-refractivity contribution in [2.45, 2.75) is 19.3 Å². The monoisotopic (exact) mass is 666 g/mol. The van der Waals surface area contributed by atoms with Crippen LogP contribution in [0.1, 0.15) is 25.0 Å². The van der Waals surface area contributed by atoms with E-state index in [1.807, 2.05) is 24.3 Å². The number of benzene rings is 8. The summed E-state index contributed by atoms with van der Waals surface area (Å²) in [7, 11) is 54.9. The first kappa shape index (κ1) is 33.4. The van der Waals surface area contributed by atoms with Gasteiger partial charge in [0.1, 0.15) is 73.9 Å². The quantitative estimate of drug-likeness (QED) is 0.205. The van der Waals surface area contributed by atoms with Gasteiger partial charge in [0.2, 0.25) is 0 Å². The van der Waals surface area contributed by atoms with E-state index in [1.165, 1.54) is 11.1 Å². The summed E-state index contributed by atoms with van der Waals surface area (Å²) >= 11 is 0. The van der Waals surface area contributed by atoms with E-state index in [2.05, 4.69) is 86.6 Å². The van der Waals surface area contributed by atoms with Gasteiger partial charge in [-0.15, -0.1) is 21.9 Å². The van der Waals surface area contributed by atoms with Gasteiger partial charge in [-0.1, -0.05) is 108 Å². The Morgan fingerprint density at radius 2 is 0.944 bits per heavy atom. The van der Waals surface area contributed by atoms with Crippen LogP contribution in [0.15, 0.2) is 101 Å². The van der Waals surface area contributed by atoms with Gasteiger partial charge in [0.15, 0.2) is 0 Å². The van der Waals surface area contributed by atoms with Gasteiger partial charge in [-0.25, -0.2) is 0 Å². The Kier molecular flexibility index (Phi) is 7.08. The molecular formula is C45H22B8O. The average Bonchev–Trinajstić information content (AvgIpc) is 3.68. The fourth-order valence-electron chi connectivity index (χ4n) is 9.04. The summed E-state index contributed by atoms with van der Waals surface area (Å²) in [4.78, 5) is 0. The Labute approximate surface area is 324 Å². The molecule has 1 aliphatic carbocycles. The molecular weight excluding hydrogens is 643 g/mol. The standard InChI is InChI=1S/C45H22B8O/c1-45(2)27-10-6-5-9-23(27)24-14-12-21(18-28(24)45)31-34-32(36(46)40(50)42(52)38(34)48)30(33-35(31)39(49)43(53)41(51)37(33)47)20-13-16-29-26(17-20)25-15-11-19-7-3-4-8-22(19)44(25)54-29/h3-18H,1-2H3. The highest BCUT2D eigenvalue weighted by molar-refractivity contribution is 6.71. The number of hydrogen-bond acceptors (Lipinski definition) is 1. The van der Waals surface area contributed by atoms with E-state index in [0.717, 1.165) is 55.0 Å². The summed E-state index contributed by atoms with van der Waals surface area (Å²) in [5.41, 5.74) is 10.7. The molecule has 0 bridgehead atoms. The van der Waals surface area contributed by atoms with Crippen LogP contribution in [0, 0.1) is 0 Å². The number of furan rings is 1. The van der Waals surface area contributed by atoms with Gasteiger partial charge < -0.3 is 4.42 Å². The third-order valence-electron chi connectivity index (χ3n) is 11.8. The lowest BCUT2D eigenvalue weighted by Crippen LogP contribution is -2.50. The smallest absolute Gasteiger partial charge is 0.143 e. The van der Waals surface area contributed by atoms with Crippen LogP contribution < -0.4 is 43.7 Å². The first-order chi connectivity index (χ1) is 25.9. The first-order valence-electron chi connectivity index (χ1n) is 17.8. The van der Waals surface area contributed by atoms with Crippen molar-refractivity contribution in [2.75, 3.05) is 0 Å². The predicted molar refractivity (Wildman–Crippen MR) is 238 cm³/mol. The maximum atomic E-state index is 7.05. The largest absolute Gasteiger partial charge is 0.455 e. The van der Waals surface area contributed by atoms with Crippen molar-refractivity contribution < 1.29 is 4.42 Å². The van der Waals surface area contributed by atoms with Crippen LogP contribution in [0.2, 0.25) is 0 Å². The SMILES string of the molecule is [B]c1c([B])c([B])c2c(-c3ccc4oc5c6ccccc6ccc5c4c3)c3c([B])c([B])c([B])c([B])c3c(-c3ccc4c(c3)C(C)(C)c3ccccc3-4)c2c1[B]. The van der Waals surface area contributed by atoms with E-state index in [4.69, 9.17) is 67.2 Å². The van der Waals surface area contributed by atoms with Gasteiger partial charge in [0.05, 0.1) is 0 Å². The fraction of sp³-hybridized carbons (Fsp3) is 0.0667. The highest BCUT2D eigenvalue weighted by Gasteiger charge is 2.36. The minimum Gasteiger partial charge on any atom is -0.455 e. The van der Waals surface area contributed by atoms with Crippen LogP contribution in [0.4, 0.5) is 0 Å². The topological polar surface area (TPSA) is 13.1 Å². The van der Waals surface area contributed by atoms with Crippen LogP contribution in [0.25, 0.3) is 87.6 Å². The molecule has 9 aromatic rings. The normalized spacial score (nSPS) is 13.4. The zero-order chi connectivity index (χ0) is 37.5. The molecule has 0 aliphatic heterocycles. The number of fused-ring (bicyclic) bond motifs is 10. The molecule has 0 amide bonds. The van der Waals surface area contributed by atoms with E-state index in [1.54, 1.807) is 0 Å². The summed E-state index contributed by atoms with van der Waals surface area (Å²) in [5, 5.41) is 6.32. The summed E-state index contributed by atoms with van der Waals surface area (Å²) < 4.78 is 6.48. The van der Waals surface area contributed by atoms with E-state index in [-0.39, 0.29) is 49.1 Å². The molecule has 0 saturated heterocycles. The maximum absolute atomic E-state index is 7.05. The lowest BCUT2D eigenvalue weighted by Gasteiger charge is -2.29. The van der Waals surface area contributed by atoms with Gasteiger partial charge in [0.25, 0.3) is 0 Å². The maximum Gasteiger partial charge on any atom is 0.143 e. The van der Waals surface area contributed by atoms with Crippen LogP contribution in [-0.2, 0) is 5.41 Å². The molecule has 232 valence electrons. The van der Waals surface area contributed by atoms with Crippen LogP contribution in [0.3, 0.4) is 0 Å². The van der Waals surface area contributed by atoms with Crippen LogP contribution in [-0.4, -0.2) is 62.8 Å². The second-order valence-corrected chi connectivity index (χ2v) is 15.0. The van der Waals surface area contributed by atoms with Gasteiger partial charge >= 0.3 is 0 Å². The molecule has 1 nitrogen and oxygen atoms in total. The molecule has 16 radical (unpaired) electrons. The van der Waals surface area contributed by atoms with Crippen molar-refractivity contribution in [3.05, 3.63) is 108 Å². The first-order valence-corrected chi connectivity index (χ1v) is 17.8. The van der Waals surface area contributed by atoms with Crippen molar-refractivity contribution in [1.82, 2.24) is 0 Å². The molecule has 0 saturated carbocycles. The van der Waals surface area contributed by atoms with E-state index in [9.17, 15) is 0 Å². The molecule has 9 heteroatoms. The summed E-state index contributed by atoms with van der Waals surface area (Å²) in [6, 6.07) is 33.2. The minimum atomic E-state index is -0.288. The number of hydrogen-bond donors (Lipinski definition) is 0. The predicted octanol–water partition coefficient (Wildman–Crippen LogP) is 3.04. The molecule has 0 spiro atoms. The molecule has 54 heavy (non-hydrogen) atoms. The molecule has 0 fully saturated rings. The Balaban J connectivity index is 1.39. The Morgan fingerprint density at radius 3 is 1.57 bits per heavy atom. The molecule has 10 rings (SSSR count). The van der Waals surface area contributed by atoms with Crippen molar-refractivity contribution in [2.24, 2.45) is 0 Å². The summed E-state index contributed by atoms with van der Waals surface area (Å²) in [6.07, 6.45) is 0. The van der Waals surface area contributed by atoms with E-state index in [0.29, 0.717) is 32.7 Å². The van der Waals surface area contributed by atoms with Gasteiger partial charge in [0, 0.05) is 21.6 Å². The minimum absolute atomic E-state index is 0.174. The van der Waals surface area contributed by atoms with Gasteiger partial charge in [-0.2, -0.15) is 0 Å². The third-order valence-corrected chi connectivity index (χ3v) is 11.8. The molecule has 8 aromatic carbocycles. The van der Waals surface area contributed by atoms with Crippen LogP contribution in [0.5, 0.6) is 0 Å². The lowest BCUT2D eigenvalue weighted by molar-refractivity contribution is 0.660. The van der Waals surface area contributed by atoms with Crippen molar-refractivity contribution in [1.29, 1.82) is 0 Å². The fourth-order valence-corrected chi connectivity index (χ4v) is 9.04. The molecule has 0 unspecified atom stereocenters. The molecule has 0 atom stereocenters. The van der Waals surface area contributed by atoms with Gasteiger partial charge in [-0.3, -0.25) is 0 Å². The van der Waals surface area contributed by atoms with Crippen molar-refractivity contribution in [3.63, 3.8) is 0 Å². The van der Waals surface area contributed by atoms with Crippen molar-refractivity contribution in [3.8, 4) is 33.4 Å². The summed E-state index contributed by atoms with van der Waals surface area (Å²) in [6.45, 7) is 4.46. The van der Waals surface area contributed by atoms with E-state index >= 15 is 0 Å². The van der Waals surface area contributed by atoms with Gasteiger partial charge in [-0.05, 0) is 95.7 Å². The van der Waals surface area contributed by atoms with Crippen molar-refractivity contribution >= 4 is 161 Å². The highest BCUT2D eigenvalue weighted by Crippen LogP contribution is 2.51. The number of rotatable bonds is 2. The molecule has 1 heterocycles. The highest BCUT2D eigenvalue weighted by atomic mass is 16.3. The molecule has 0 N–H and O–H groups in total. The van der Waals surface area contributed by atoms with Crippen LogP contribution >= 0.6 is 0 Å². The Morgan fingerprint density at radius 1 is 0.426 bits per heavy atom. The Bertz CT molecular complexity index is 3090.